The molecule has 3 aliphatic carbocycles. The van der Waals surface area contributed by atoms with E-state index in [2.05, 4.69) is 42.3 Å². The summed E-state index contributed by atoms with van der Waals surface area (Å²) in [6.07, 6.45) is 22.7. The minimum Gasteiger partial charge on any atom is -0.378 e. The van der Waals surface area contributed by atoms with Gasteiger partial charge < -0.3 is 10.4 Å². The second-order valence-corrected chi connectivity index (χ2v) is 11.3. The Kier molecular flexibility index (Phi) is 8.73. The Morgan fingerprint density at radius 2 is 2.03 bits per heavy atom. The molecule has 6 unspecified atom stereocenters. The lowest BCUT2D eigenvalue weighted by Crippen LogP contribution is -2.51. The smallest absolute Gasteiger partial charge is 0.220 e. The number of aliphatic hydroxyl groups is 1. The van der Waals surface area contributed by atoms with E-state index < -0.39 is 0 Å². The zero-order valence-corrected chi connectivity index (χ0v) is 21.2. The molecule has 2 N–H and O–H groups in total. The maximum Gasteiger partial charge on any atom is 0.220 e. The van der Waals surface area contributed by atoms with E-state index in [1.807, 2.05) is 0 Å². The van der Waals surface area contributed by atoms with Gasteiger partial charge in [-0.2, -0.15) is 0 Å². The maximum absolute atomic E-state index is 12.8. The van der Waals surface area contributed by atoms with Gasteiger partial charge in [-0.3, -0.25) is 9.69 Å². The Hall–Kier alpha value is -1.13. The minimum absolute atomic E-state index is 0.154. The topological polar surface area (TPSA) is 52.6 Å². The Bertz CT molecular complexity index is 714. The average molecular weight is 457 g/mol. The Morgan fingerprint density at radius 1 is 1.21 bits per heavy atom. The van der Waals surface area contributed by atoms with Crippen LogP contribution in [0.4, 0.5) is 0 Å². The number of allylic oxidation sites excluding steroid dienone is 3. The van der Waals surface area contributed by atoms with Crippen molar-refractivity contribution in [3.63, 3.8) is 0 Å². The van der Waals surface area contributed by atoms with Gasteiger partial charge in [-0.05, 0) is 88.4 Å². The highest BCUT2D eigenvalue weighted by atomic mass is 16.3. The molecule has 0 aromatic rings. The molecular formula is C29H48N2O2. The molecule has 6 atom stereocenters. The van der Waals surface area contributed by atoms with E-state index in [9.17, 15) is 9.90 Å². The van der Waals surface area contributed by atoms with E-state index >= 15 is 0 Å². The normalized spacial score (nSPS) is 33.7. The van der Waals surface area contributed by atoms with Crippen LogP contribution in [0.1, 0.15) is 104 Å². The summed E-state index contributed by atoms with van der Waals surface area (Å²) in [5.41, 5.74) is 1.82. The Balaban J connectivity index is 1.25. The highest BCUT2D eigenvalue weighted by Crippen LogP contribution is 2.64. The molecule has 1 aliphatic heterocycles. The number of nitrogens with zero attached hydrogens (tertiary/aromatic N) is 1. The molecule has 1 heterocycles. The molecule has 4 heteroatoms. The number of carbonyl (C=O) groups is 1. The quantitative estimate of drug-likeness (QED) is 0.377. The van der Waals surface area contributed by atoms with Gasteiger partial charge in [0.25, 0.3) is 0 Å². The number of nitrogens with one attached hydrogen (secondary N) is 1. The first kappa shape index (κ1) is 25.0. The number of amides is 1. The van der Waals surface area contributed by atoms with Gasteiger partial charge in [-0.25, -0.2) is 0 Å². The van der Waals surface area contributed by atoms with Gasteiger partial charge in [-0.1, -0.05) is 50.0 Å². The fourth-order valence-corrected chi connectivity index (χ4v) is 7.51. The second-order valence-electron chi connectivity index (χ2n) is 11.3. The molecule has 1 amide bonds. The minimum atomic E-state index is -0.380. The summed E-state index contributed by atoms with van der Waals surface area (Å²) in [5, 5.41) is 14.2. The van der Waals surface area contributed by atoms with E-state index in [-0.39, 0.29) is 12.1 Å². The number of rotatable bonds is 11. The highest BCUT2D eigenvalue weighted by Gasteiger charge is 2.57. The molecule has 4 nitrogen and oxygen atoms in total. The van der Waals surface area contributed by atoms with Crippen LogP contribution >= 0.6 is 0 Å². The largest absolute Gasteiger partial charge is 0.378 e. The Morgan fingerprint density at radius 3 is 2.82 bits per heavy atom. The summed E-state index contributed by atoms with van der Waals surface area (Å²) in [6, 6.07) is 0.573. The molecular weight excluding hydrogens is 408 g/mol. The lowest BCUT2D eigenvalue weighted by molar-refractivity contribution is -0.121. The van der Waals surface area contributed by atoms with Crippen molar-refractivity contribution in [2.24, 2.45) is 23.2 Å². The fraction of sp³-hybridized carbons (Fsp3) is 0.828. The summed E-state index contributed by atoms with van der Waals surface area (Å²) in [5.74, 6) is 2.18. The summed E-state index contributed by atoms with van der Waals surface area (Å²) in [6.45, 7) is 6.20. The summed E-state index contributed by atoms with van der Waals surface area (Å²) in [4.78, 5) is 15.1. The van der Waals surface area contributed by atoms with E-state index in [1.54, 1.807) is 0 Å². The molecule has 4 rings (SSSR count). The SMILES string of the molecule is CC=C(CCC)C(CNC(=O)CCCC(O)N1CCCC2CCCCC21)C12C=CCCC1C2. The van der Waals surface area contributed by atoms with Gasteiger partial charge in [0.15, 0.2) is 0 Å². The van der Waals surface area contributed by atoms with Crippen molar-refractivity contribution >= 4 is 5.91 Å². The first-order valence-electron chi connectivity index (χ1n) is 14.1. The fourth-order valence-electron chi connectivity index (χ4n) is 7.51. The van der Waals surface area contributed by atoms with Crippen molar-refractivity contribution < 1.29 is 9.90 Å². The van der Waals surface area contributed by atoms with Crippen LogP contribution < -0.4 is 5.32 Å². The predicted molar refractivity (Wildman–Crippen MR) is 136 cm³/mol. The highest BCUT2D eigenvalue weighted by molar-refractivity contribution is 5.75. The van der Waals surface area contributed by atoms with E-state index in [0.717, 1.165) is 44.2 Å². The third-order valence-electron chi connectivity index (χ3n) is 9.35. The van der Waals surface area contributed by atoms with Gasteiger partial charge in [0, 0.05) is 31.5 Å². The summed E-state index contributed by atoms with van der Waals surface area (Å²) >= 11 is 0. The van der Waals surface area contributed by atoms with Crippen LogP contribution in [0.15, 0.2) is 23.8 Å². The summed E-state index contributed by atoms with van der Waals surface area (Å²) in [7, 11) is 0. The van der Waals surface area contributed by atoms with Gasteiger partial charge in [0.2, 0.25) is 5.91 Å². The third kappa shape index (κ3) is 5.75. The van der Waals surface area contributed by atoms with Crippen molar-refractivity contribution in [3.05, 3.63) is 23.8 Å². The number of likely N-dealkylation sites (tertiary alicyclic amines) is 1. The van der Waals surface area contributed by atoms with E-state index in [4.69, 9.17) is 0 Å². The molecule has 186 valence electrons. The summed E-state index contributed by atoms with van der Waals surface area (Å²) < 4.78 is 0. The van der Waals surface area contributed by atoms with Gasteiger partial charge in [-0.15, -0.1) is 0 Å². The second kappa shape index (κ2) is 11.5. The monoisotopic (exact) mass is 456 g/mol. The number of fused-ring (bicyclic) bond motifs is 2. The molecule has 4 aliphatic rings. The zero-order valence-electron chi connectivity index (χ0n) is 21.2. The maximum atomic E-state index is 12.8. The standard InChI is InChI=1S/C29H48N2O2/c1-3-11-22(4-2)25(29-18-8-7-14-24(29)20-29)21-30-27(32)16-9-17-28(33)31-19-10-13-23-12-5-6-15-26(23)31/h4,8,18,23-26,28,33H,3,5-7,9-17,19-21H2,1-2H3,(H,30,32). The van der Waals surface area contributed by atoms with Gasteiger partial charge in [0.1, 0.15) is 6.23 Å². The van der Waals surface area contributed by atoms with Crippen molar-refractivity contribution in [2.75, 3.05) is 13.1 Å². The lowest BCUT2D eigenvalue weighted by atomic mass is 9.76. The van der Waals surface area contributed by atoms with Crippen LogP contribution in [0.3, 0.4) is 0 Å². The van der Waals surface area contributed by atoms with Gasteiger partial charge in [0.05, 0.1) is 0 Å². The number of piperidine rings is 1. The molecule has 0 bridgehead atoms. The van der Waals surface area contributed by atoms with Crippen LogP contribution in [0, 0.1) is 23.2 Å². The van der Waals surface area contributed by atoms with Crippen molar-refractivity contribution in [1.29, 1.82) is 0 Å². The molecule has 0 spiro atoms. The van der Waals surface area contributed by atoms with Crippen LogP contribution in [0.5, 0.6) is 0 Å². The third-order valence-corrected chi connectivity index (χ3v) is 9.35. The molecule has 0 radical (unpaired) electrons. The lowest BCUT2D eigenvalue weighted by Gasteiger charge is -2.46. The number of hydrogen-bond donors (Lipinski definition) is 2. The molecule has 0 aromatic carbocycles. The molecule has 3 fully saturated rings. The first-order chi connectivity index (χ1) is 16.1. The number of aliphatic hydroxyl groups excluding tert-OH is 1. The van der Waals surface area contributed by atoms with Crippen LogP contribution in [-0.4, -0.2) is 41.3 Å². The molecule has 1 saturated heterocycles. The van der Waals surface area contributed by atoms with Crippen LogP contribution in [-0.2, 0) is 4.79 Å². The van der Waals surface area contributed by atoms with Crippen LogP contribution in [0.2, 0.25) is 0 Å². The van der Waals surface area contributed by atoms with Crippen molar-refractivity contribution in [1.82, 2.24) is 10.2 Å². The Labute approximate surface area is 202 Å². The number of carbonyl (C=O) groups excluding carboxylic acids is 1. The average Bonchev–Trinajstić information content (AvgIpc) is 3.58. The predicted octanol–water partition coefficient (Wildman–Crippen LogP) is 5.96. The molecule has 33 heavy (non-hydrogen) atoms. The van der Waals surface area contributed by atoms with Crippen LogP contribution in [0.25, 0.3) is 0 Å². The van der Waals surface area contributed by atoms with Crippen molar-refractivity contribution in [2.45, 2.75) is 116 Å². The zero-order chi connectivity index (χ0) is 23.3. The molecule has 0 aromatic heterocycles. The van der Waals surface area contributed by atoms with E-state index in [1.165, 1.54) is 63.4 Å². The molecule has 2 saturated carbocycles. The van der Waals surface area contributed by atoms with E-state index in [0.29, 0.717) is 30.2 Å². The number of hydrogen-bond acceptors (Lipinski definition) is 3. The van der Waals surface area contributed by atoms with Gasteiger partial charge >= 0.3 is 0 Å². The van der Waals surface area contributed by atoms with Crippen molar-refractivity contribution in [3.8, 4) is 0 Å². The first-order valence-corrected chi connectivity index (χ1v) is 14.1.